The Morgan fingerprint density at radius 2 is 1.49 bits per heavy atom. The molecule has 0 saturated heterocycles. The Kier molecular flexibility index (Phi) is 14.1. The molecule has 5 unspecified atom stereocenters. The molecule has 1 rings (SSSR count). The van der Waals surface area contributed by atoms with E-state index >= 15 is 0 Å². The van der Waals surface area contributed by atoms with Gasteiger partial charge in [0, 0.05) is 18.3 Å². The Balaban J connectivity index is 2.90. The van der Waals surface area contributed by atoms with Crippen molar-refractivity contribution in [3.8, 4) is 0 Å². The molecule has 0 aromatic carbocycles. The second-order valence-corrected chi connectivity index (χ2v) is 10.3. The number of nitrogens with one attached hydrogen (secondary N) is 5. The molecular weight excluding hydrogens is 508 g/mol. The molecule has 0 aliphatic carbocycles. The van der Waals surface area contributed by atoms with Crippen LogP contribution in [0.15, 0.2) is 12.5 Å². The van der Waals surface area contributed by atoms with Gasteiger partial charge in [0.15, 0.2) is 0 Å². The fourth-order valence-electron chi connectivity index (χ4n) is 3.69. The predicted octanol–water partition coefficient (Wildman–Crippen LogP) is -1.24. The largest absolute Gasteiger partial charge is 0.480 e. The maximum Gasteiger partial charge on any atom is 0.326 e. The third-order valence-electron chi connectivity index (χ3n) is 6.15. The van der Waals surface area contributed by atoms with Crippen LogP contribution in [-0.4, -0.2) is 81.4 Å². The van der Waals surface area contributed by atoms with E-state index in [1.807, 2.05) is 0 Å². The SMILES string of the molecule is CC(NC(=O)C(Cc1cnc[nH]1)NC(=O)C(N)CCCCN)C(=O)NC(C(=O)NC(C(=O)O)C(C)C)C(C)C. The smallest absolute Gasteiger partial charge is 0.326 e. The van der Waals surface area contributed by atoms with E-state index in [0.717, 1.165) is 6.42 Å². The van der Waals surface area contributed by atoms with Gasteiger partial charge >= 0.3 is 5.97 Å². The lowest BCUT2D eigenvalue weighted by atomic mass is 10.00. The molecule has 39 heavy (non-hydrogen) atoms. The number of nitrogens with zero attached hydrogens (tertiary/aromatic N) is 1. The number of aliphatic carboxylic acids is 1. The molecule has 0 radical (unpaired) electrons. The molecule has 14 heteroatoms. The Hall–Kier alpha value is -3.52. The fourth-order valence-corrected chi connectivity index (χ4v) is 3.69. The highest BCUT2D eigenvalue weighted by molar-refractivity contribution is 5.95. The summed E-state index contributed by atoms with van der Waals surface area (Å²) in [5.41, 5.74) is 12.0. The summed E-state index contributed by atoms with van der Waals surface area (Å²) in [6, 6.07) is -5.13. The highest BCUT2D eigenvalue weighted by Crippen LogP contribution is 2.08. The van der Waals surface area contributed by atoms with Gasteiger partial charge in [-0.2, -0.15) is 0 Å². The van der Waals surface area contributed by atoms with Crippen molar-refractivity contribution in [2.45, 2.75) is 90.5 Å². The Morgan fingerprint density at radius 3 is 2.00 bits per heavy atom. The first-order valence-electron chi connectivity index (χ1n) is 13.2. The molecule has 0 aliphatic rings. The first-order valence-corrected chi connectivity index (χ1v) is 13.2. The zero-order chi connectivity index (χ0) is 29.7. The summed E-state index contributed by atoms with van der Waals surface area (Å²) in [6.07, 6.45) is 4.80. The van der Waals surface area contributed by atoms with Gasteiger partial charge in [-0.05, 0) is 38.1 Å². The molecule has 0 bridgehead atoms. The van der Waals surface area contributed by atoms with Crippen molar-refractivity contribution in [2.75, 3.05) is 6.54 Å². The molecular formula is C25H44N8O6. The van der Waals surface area contributed by atoms with Crippen LogP contribution in [0.25, 0.3) is 0 Å². The normalized spacial score (nSPS) is 15.1. The number of H-pyrrole nitrogens is 1. The van der Waals surface area contributed by atoms with E-state index in [-0.39, 0.29) is 18.3 Å². The number of carboxylic acids is 1. The van der Waals surface area contributed by atoms with E-state index in [1.165, 1.54) is 19.4 Å². The quantitative estimate of drug-likeness (QED) is 0.108. The van der Waals surface area contributed by atoms with Crippen molar-refractivity contribution in [3.63, 3.8) is 0 Å². The first kappa shape index (κ1) is 33.5. The van der Waals surface area contributed by atoms with E-state index in [4.69, 9.17) is 11.5 Å². The number of carboxylic acid groups (broad SMARTS) is 1. The lowest BCUT2D eigenvalue weighted by Gasteiger charge is -2.27. The lowest BCUT2D eigenvalue weighted by Crippen LogP contribution is -2.59. The summed E-state index contributed by atoms with van der Waals surface area (Å²) >= 11 is 0. The number of imidazole rings is 1. The van der Waals surface area contributed by atoms with Crippen LogP contribution < -0.4 is 32.7 Å². The van der Waals surface area contributed by atoms with Gasteiger partial charge in [-0.3, -0.25) is 19.2 Å². The molecule has 4 amide bonds. The summed E-state index contributed by atoms with van der Waals surface area (Å²) in [6.45, 7) is 8.63. The van der Waals surface area contributed by atoms with Gasteiger partial charge in [0.25, 0.3) is 0 Å². The third-order valence-corrected chi connectivity index (χ3v) is 6.15. The number of rotatable bonds is 17. The Bertz CT molecular complexity index is 952. The molecule has 0 aliphatic heterocycles. The van der Waals surface area contributed by atoms with E-state index in [9.17, 15) is 29.1 Å². The number of carbonyl (C=O) groups is 5. The minimum absolute atomic E-state index is 0.0736. The van der Waals surface area contributed by atoms with E-state index in [1.54, 1.807) is 27.7 Å². The molecule has 0 saturated carbocycles. The summed E-state index contributed by atoms with van der Waals surface area (Å²) in [7, 11) is 0. The molecule has 14 nitrogen and oxygen atoms in total. The van der Waals surface area contributed by atoms with Crippen LogP contribution in [0.3, 0.4) is 0 Å². The van der Waals surface area contributed by atoms with Gasteiger partial charge in [-0.15, -0.1) is 0 Å². The lowest BCUT2D eigenvalue weighted by molar-refractivity contribution is -0.143. The minimum atomic E-state index is -1.18. The molecule has 1 aromatic rings. The summed E-state index contributed by atoms with van der Waals surface area (Å²) in [5, 5.41) is 19.6. The van der Waals surface area contributed by atoms with Gasteiger partial charge in [-0.1, -0.05) is 34.1 Å². The molecule has 1 aromatic heterocycles. The summed E-state index contributed by atoms with van der Waals surface area (Å²) < 4.78 is 0. The number of aromatic amines is 1. The van der Waals surface area contributed by atoms with Crippen LogP contribution in [0.5, 0.6) is 0 Å². The van der Waals surface area contributed by atoms with Crippen LogP contribution >= 0.6 is 0 Å². The second kappa shape index (κ2) is 16.4. The first-order chi connectivity index (χ1) is 18.3. The minimum Gasteiger partial charge on any atom is -0.480 e. The molecule has 220 valence electrons. The van der Waals surface area contributed by atoms with Gasteiger partial charge < -0.3 is 42.8 Å². The molecule has 10 N–H and O–H groups in total. The van der Waals surface area contributed by atoms with Gasteiger partial charge in [-0.25, -0.2) is 9.78 Å². The maximum atomic E-state index is 13.1. The van der Waals surface area contributed by atoms with E-state index in [0.29, 0.717) is 25.1 Å². The number of hydrogen-bond donors (Lipinski definition) is 8. The zero-order valence-electron chi connectivity index (χ0n) is 23.3. The van der Waals surface area contributed by atoms with Crippen molar-refractivity contribution in [2.24, 2.45) is 23.3 Å². The molecule has 0 spiro atoms. The monoisotopic (exact) mass is 552 g/mol. The van der Waals surface area contributed by atoms with E-state index < -0.39 is 59.8 Å². The fraction of sp³-hybridized carbons (Fsp3) is 0.680. The van der Waals surface area contributed by atoms with Crippen LogP contribution in [0.1, 0.15) is 59.6 Å². The average molecular weight is 553 g/mol. The molecule has 5 atom stereocenters. The topological polar surface area (TPSA) is 234 Å². The standard InChI is InChI=1S/C25H44N8O6/c1-13(2)19(24(37)33-20(14(3)4)25(38)39)32-21(34)15(5)30-23(36)18(10-16-11-28-12-29-16)31-22(35)17(27)8-6-7-9-26/h11-15,17-20H,6-10,26-27H2,1-5H3,(H,28,29)(H,30,36)(H,31,35)(H,32,34)(H,33,37)(H,38,39). The Morgan fingerprint density at radius 1 is 0.872 bits per heavy atom. The number of nitrogens with two attached hydrogens (primary N) is 2. The van der Waals surface area contributed by atoms with Crippen molar-refractivity contribution in [3.05, 3.63) is 18.2 Å². The number of amides is 4. The van der Waals surface area contributed by atoms with Crippen LogP contribution in [0, 0.1) is 11.8 Å². The number of hydrogen-bond acceptors (Lipinski definition) is 8. The van der Waals surface area contributed by atoms with Crippen LogP contribution in [0.2, 0.25) is 0 Å². The highest BCUT2D eigenvalue weighted by Gasteiger charge is 2.32. The maximum absolute atomic E-state index is 13.1. The second-order valence-electron chi connectivity index (χ2n) is 10.3. The Labute approximate surface area is 228 Å². The van der Waals surface area contributed by atoms with E-state index in [2.05, 4.69) is 31.2 Å². The van der Waals surface area contributed by atoms with Crippen molar-refractivity contribution >= 4 is 29.6 Å². The zero-order valence-corrected chi connectivity index (χ0v) is 23.3. The average Bonchev–Trinajstić information content (AvgIpc) is 3.37. The third kappa shape index (κ3) is 11.4. The van der Waals surface area contributed by atoms with Crippen LogP contribution in [-0.2, 0) is 30.4 Å². The number of unbranched alkanes of at least 4 members (excludes halogenated alkanes) is 1. The van der Waals surface area contributed by atoms with Crippen molar-refractivity contribution < 1.29 is 29.1 Å². The van der Waals surface area contributed by atoms with Crippen molar-refractivity contribution in [1.82, 2.24) is 31.2 Å². The molecule has 0 fully saturated rings. The van der Waals surface area contributed by atoms with Crippen LogP contribution in [0.4, 0.5) is 0 Å². The van der Waals surface area contributed by atoms with Gasteiger partial charge in [0.05, 0.1) is 12.4 Å². The number of aromatic nitrogens is 2. The summed E-state index contributed by atoms with van der Waals surface area (Å²) in [4.78, 5) is 69.7. The van der Waals surface area contributed by atoms with Gasteiger partial charge in [0.2, 0.25) is 23.6 Å². The highest BCUT2D eigenvalue weighted by atomic mass is 16.4. The summed E-state index contributed by atoms with van der Waals surface area (Å²) in [5.74, 6) is -4.37. The van der Waals surface area contributed by atoms with Gasteiger partial charge in [0.1, 0.15) is 24.2 Å². The molecule has 1 heterocycles. The number of carbonyl (C=O) groups excluding carboxylic acids is 4. The van der Waals surface area contributed by atoms with Crippen molar-refractivity contribution in [1.29, 1.82) is 0 Å². The predicted molar refractivity (Wildman–Crippen MR) is 144 cm³/mol.